The fourth-order valence-corrected chi connectivity index (χ4v) is 2.78. The van der Waals surface area contributed by atoms with Crippen LogP contribution >= 0.6 is 0 Å². The van der Waals surface area contributed by atoms with Crippen molar-refractivity contribution in [2.24, 2.45) is 0 Å². The van der Waals surface area contributed by atoms with Gasteiger partial charge in [-0.25, -0.2) is 0 Å². The van der Waals surface area contributed by atoms with E-state index in [1.807, 2.05) is 38.2 Å². The Labute approximate surface area is 142 Å². The van der Waals surface area contributed by atoms with E-state index in [2.05, 4.69) is 56.8 Å². The molecule has 0 atom stereocenters. The quantitative estimate of drug-likeness (QED) is 0.546. The van der Waals surface area contributed by atoms with E-state index >= 15 is 0 Å². The summed E-state index contributed by atoms with van der Waals surface area (Å²) in [7, 11) is 2.11. The molecule has 0 radical (unpaired) electrons. The van der Waals surface area contributed by atoms with Gasteiger partial charge in [0.2, 0.25) is 0 Å². The third-order valence-corrected chi connectivity index (χ3v) is 3.68. The predicted octanol–water partition coefficient (Wildman–Crippen LogP) is 6.24. The Morgan fingerprint density at radius 3 is 2.22 bits per heavy atom. The van der Waals surface area contributed by atoms with E-state index in [9.17, 15) is 0 Å². The number of allylic oxidation sites excluding steroid dienone is 9. The highest BCUT2D eigenvalue weighted by Gasteiger charge is 2.26. The highest BCUT2D eigenvalue weighted by atomic mass is 15.1. The van der Waals surface area contributed by atoms with Gasteiger partial charge < -0.3 is 4.90 Å². The van der Waals surface area contributed by atoms with Gasteiger partial charge in [0.15, 0.2) is 0 Å². The molecule has 0 aromatic carbocycles. The summed E-state index contributed by atoms with van der Waals surface area (Å²) in [5.74, 6) is 0. The molecular weight excluding hydrogens is 278 g/mol. The molecule has 1 nitrogen and oxygen atoms in total. The number of likely N-dealkylation sites (N-methyl/N-ethyl adjacent to an activating group) is 1. The average Bonchev–Trinajstić information content (AvgIpc) is 3.22. The molecule has 3 rings (SSSR count). The van der Waals surface area contributed by atoms with E-state index < -0.39 is 0 Å². The van der Waals surface area contributed by atoms with Gasteiger partial charge in [0.1, 0.15) is 0 Å². The first kappa shape index (κ1) is 18.8. The van der Waals surface area contributed by atoms with Gasteiger partial charge in [-0.15, -0.1) is 5.73 Å². The Morgan fingerprint density at radius 1 is 1.09 bits per heavy atom. The highest BCUT2D eigenvalue weighted by Crippen LogP contribution is 2.40. The van der Waals surface area contributed by atoms with Crippen molar-refractivity contribution in [3.05, 3.63) is 89.0 Å². The maximum atomic E-state index is 3.96. The Balaban J connectivity index is 0.000000477. The van der Waals surface area contributed by atoms with Crippen LogP contribution in [0.4, 0.5) is 0 Å². The maximum Gasteiger partial charge on any atom is 0.0570 e. The first-order valence-electron chi connectivity index (χ1n) is 8.49. The van der Waals surface area contributed by atoms with E-state index in [-0.39, 0.29) is 0 Å². The second-order valence-electron chi connectivity index (χ2n) is 5.22. The molecule has 1 heteroatoms. The van der Waals surface area contributed by atoms with Crippen molar-refractivity contribution in [3.8, 4) is 0 Å². The van der Waals surface area contributed by atoms with Gasteiger partial charge in [0.05, 0.1) is 5.70 Å². The molecule has 0 fully saturated rings. The number of nitrogens with zero attached hydrogens (tertiary/aromatic N) is 1. The Kier molecular flexibility index (Phi) is 7.38. The van der Waals surface area contributed by atoms with Crippen LogP contribution in [0.3, 0.4) is 0 Å². The minimum absolute atomic E-state index is 0.970. The van der Waals surface area contributed by atoms with Gasteiger partial charge in [-0.2, -0.15) is 0 Å². The molecule has 0 aromatic rings. The van der Waals surface area contributed by atoms with Gasteiger partial charge in [0, 0.05) is 36.4 Å². The third kappa shape index (κ3) is 3.57. The van der Waals surface area contributed by atoms with Gasteiger partial charge in [-0.05, 0) is 17.2 Å². The minimum atomic E-state index is 0.970. The van der Waals surface area contributed by atoms with Crippen molar-refractivity contribution in [2.75, 3.05) is 7.05 Å². The molecule has 0 amide bonds. The largest absolute Gasteiger partial charge is 0.346 e. The lowest BCUT2D eigenvalue weighted by atomic mass is 9.95. The molecule has 122 valence electrons. The van der Waals surface area contributed by atoms with E-state index in [0.29, 0.717) is 0 Å². The Morgan fingerprint density at radius 2 is 1.65 bits per heavy atom. The first-order chi connectivity index (χ1) is 11.2. The second-order valence-corrected chi connectivity index (χ2v) is 5.22. The van der Waals surface area contributed by atoms with Crippen LogP contribution in [0.5, 0.6) is 0 Å². The molecule has 0 spiro atoms. The lowest BCUT2D eigenvalue weighted by Gasteiger charge is -2.22. The summed E-state index contributed by atoms with van der Waals surface area (Å²) in [6, 6.07) is 0. The summed E-state index contributed by atoms with van der Waals surface area (Å²) in [6.45, 7) is 16.2. The van der Waals surface area contributed by atoms with Crippen LogP contribution in [0.25, 0.3) is 0 Å². The zero-order valence-corrected chi connectivity index (χ0v) is 15.2. The lowest BCUT2D eigenvalue weighted by molar-refractivity contribution is 0.524. The normalized spacial score (nSPS) is 17.2. The smallest absolute Gasteiger partial charge is 0.0570 e. The van der Waals surface area contributed by atoms with Gasteiger partial charge in [0.25, 0.3) is 0 Å². The van der Waals surface area contributed by atoms with Crippen molar-refractivity contribution in [2.45, 2.75) is 40.5 Å². The molecule has 0 saturated carbocycles. The Bertz CT molecular complexity index is 640. The molecule has 0 N–H and O–H groups in total. The fraction of sp³-hybridized carbons (Fsp3) is 0.318. The zero-order valence-electron chi connectivity index (χ0n) is 15.2. The van der Waals surface area contributed by atoms with Crippen LogP contribution < -0.4 is 0 Å². The maximum absolute atomic E-state index is 3.96. The number of hydrogen-bond donors (Lipinski definition) is 0. The summed E-state index contributed by atoms with van der Waals surface area (Å²) in [5.41, 5.74) is 10.5. The van der Waals surface area contributed by atoms with Crippen molar-refractivity contribution in [1.29, 1.82) is 0 Å². The van der Waals surface area contributed by atoms with E-state index in [4.69, 9.17) is 0 Å². The van der Waals surface area contributed by atoms with Gasteiger partial charge >= 0.3 is 0 Å². The molecule has 1 aliphatic heterocycles. The predicted molar refractivity (Wildman–Crippen MR) is 103 cm³/mol. The van der Waals surface area contributed by atoms with Crippen LogP contribution in [-0.2, 0) is 0 Å². The topological polar surface area (TPSA) is 3.24 Å². The molecule has 0 bridgehead atoms. The molecule has 0 saturated heterocycles. The highest BCUT2D eigenvalue weighted by molar-refractivity contribution is 5.67. The van der Waals surface area contributed by atoms with Crippen LogP contribution in [0.2, 0.25) is 0 Å². The van der Waals surface area contributed by atoms with E-state index in [1.54, 1.807) is 0 Å². The van der Waals surface area contributed by atoms with Crippen molar-refractivity contribution < 1.29 is 0 Å². The van der Waals surface area contributed by atoms with Crippen LogP contribution in [0.1, 0.15) is 40.5 Å². The van der Waals surface area contributed by atoms with Gasteiger partial charge in [-0.1, -0.05) is 71.6 Å². The first-order valence-corrected chi connectivity index (χ1v) is 8.49. The van der Waals surface area contributed by atoms with E-state index in [0.717, 1.165) is 12.0 Å². The zero-order chi connectivity index (χ0) is 17.4. The molecule has 2 aliphatic carbocycles. The molecular formula is C22H29N. The van der Waals surface area contributed by atoms with E-state index in [1.165, 1.54) is 34.5 Å². The molecule has 23 heavy (non-hydrogen) atoms. The SMILES string of the molecule is C=CC1=C(C=C)C2=C(CC=C2)N(C)C2=C1C=C=C2.CC.CCC. The summed E-state index contributed by atoms with van der Waals surface area (Å²) in [6.07, 6.45) is 14.5. The molecule has 0 unspecified atom stereocenters. The summed E-state index contributed by atoms with van der Waals surface area (Å²) in [4.78, 5) is 2.25. The minimum Gasteiger partial charge on any atom is -0.346 e. The molecule has 0 aromatic heterocycles. The standard InChI is InChI=1S/C17H15N.C3H8.C2H6/c1-4-12-13(5-2)15-9-7-11-17(15)18(3)16-10-6-8-14(12)16;1-3-2;1-2/h4-6,8-9,11H,1-2,10H2,3H3;3H2,1-2H3;1-2H3. The summed E-state index contributed by atoms with van der Waals surface area (Å²) in [5, 5.41) is 0. The number of hydrogen-bond acceptors (Lipinski definition) is 1. The van der Waals surface area contributed by atoms with Crippen LogP contribution in [0, 0.1) is 0 Å². The van der Waals surface area contributed by atoms with Crippen molar-refractivity contribution in [1.82, 2.24) is 4.90 Å². The second kappa shape index (κ2) is 9.02. The molecule has 1 heterocycles. The van der Waals surface area contributed by atoms with Crippen molar-refractivity contribution >= 4 is 0 Å². The number of rotatable bonds is 2. The lowest BCUT2D eigenvalue weighted by Crippen LogP contribution is -2.16. The summed E-state index contributed by atoms with van der Waals surface area (Å²) < 4.78 is 0. The van der Waals surface area contributed by atoms with Crippen LogP contribution in [-0.4, -0.2) is 11.9 Å². The van der Waals surface area contributed by atoms with Crippen LogP contribution in [0.15, 0.2) is 89.0 Å². The van der Waals surface area contributed by atoms with Gasteiger partial charge in [-0.3, -0.25) is 0 Å². The Hall–Kier alpha value is -2.24. The fourth-order valence-electron chi connectivity index (χ4n) is 2.78. The van der Waals surface area contributed by atoms with Crippen molar-refractivity contribution in [3.63, 3.8) is 0 Å². The molecule has 3 aliphatic rings. The average molecular weight is 307 g/mol. The third-order valence-electron chi connectivity index (χ3n) is 3.68. The summed E-state index contributed by atoms with van der Waals surface area (Å²) >= 11 is 0. The monoisotopic (exact) mass is 307 g/mol.